The Hall–Kier alpha value is -4.04. The third kappa shape index (κ3) is 7.36. The van der Waals surface area contributed by atoms with Gasteiger partial charge in [0.1, 0.15) is 11.4 Å². The molecule has 2 atom stereocenters. The number of fused-ring (bicyclic) bond motifs is 1. The van der Waals surface area contributed by atoms with Gasteiger partial charge in [-0.2, -0.15) is 0 Å². The number of benzene rings is 2. The Balaban J connectivity index is 1.48. The van der Waals surface area contributed by atoms with Crippen molar-refractivity contribution in [2.24, 2.45) is 0 Å². The summed E-state index contributed by atoms with van der Waals surface area (Å²) < 4.78 is 90.7. The van der Waals surface area contributed by atoms with Crippen LogP contribution < -0.4 is 20.1 Å². The van der Waals surface area contributed by atoms with Gasteiger partial charge in [0.15, 0.2) is 5.82 Å². The SMILES string of the molecule is Cc1c(F)c(NS(=O)(=O)CCC(C)(F)F)c2ccccc2c1Oc1ncccc1-c1ccnc(NC2CNC[C@@](C)(F)C2)n1. The van der Waals surface area contributed by atoms with Gasteiger partial charge in [0.2, 0.25) is 27.8 Å². The smallest absolute Gasteiger partial charge is 0.246 e. The summed E-state index contributed by atoms with van der Waals surface area (Å²) >= 11 is 0. The molecule has 1 saturated heterocycles. The van der Waals surface area contributed by atoms with Crippen molar-refractivity contribution in [2.75, 3.05) is 28.9 Å². The van der Waals surface area contributed by atoms with Gasteiger partial charge in [-0.25, -0.2) is 40.9 Å². The molecule has 1 aliphatic rings. The molecule has 5 rings (SSSR count). The monoisotopic (exact) mass is 632 g/mol. The van der Waals surface area contributed by atoms with Gasteiger partial charge < -0.3 is 15.4 Å². The van der Waals surface area contributed by atoms with Crippen LogP contribution in [-0.2, 0) is 10.0 Å². The number of hydrogen-bond donors (Lipinski definition) is 3. The number of nitrogens with zero attached hydrogens (tertiary/aromatic N) is 3. The van der Waals surface area contributed by atoms with Crippen molar-refractivity contribution in [3.8, 4) is 22.9 Å². The Morgan fingerprint density at radius 1 is 1.11 bits per heavy atom. The maximum Gasteiger partial charge on any atom is 0.246 e. The van der Waals surface area contributed by atoms with Gasteiger partial charge in [-0.3, -0.25) is 4.72 Å². The minimum absolute atomic E-state index is 0.0251. The molecule has 4 aromatic rings. The third-order valence-electron chi connectivity index (χ3n) is 7.19. The number of sulfonamides is 1. The van der Waals surface area contributed by atoms with Gasteiger partial charge in [-0.15, -0.1) is 0 Å². The molecule has 0 aliphatic carbocycles. The fourth-order valence-electron chi connectivity index (χ4n) is 5.05. The zero-order valence-electron chi connectivity index (χ0n) is 24.3. The fourth-order valence-corrected chi connectivity index (χ4v) is 6.29. The van der Waals surface area contributed by atoms with E-state index >= 15 is 4.39 Å². The number of halogens is 4. The summed E-state index contributed by atoms with van der Waals surface area (Å²) in [6.07, 6.45) is 2.40. The van der Waals surface area contributed by atoms with Crippen molar-refractivity contribution in [1.82, 2.24) is 20.3 Å². The lowest BCUT2D eigenvalue weighted by atomic mass is 9.95. The molecule has 1 aliphatic heterocycles. The molecule has 44 heavy (non-hydrogen) atoms. The van der Waals surface area contributed by atoms with Gasteiger partial charge in [-0.1, -0.05) is 24.3 Å². The highest BCUT2D eigenvalue weighted by atomic mass is 32.2. The van der Waals surface area contributed by atoms with Gasteiger partial charge >= 0.3 is 0 Å². The Bertz CT molecular complexity index is 1780. The topological polar surface area (TPSA) is 118 Å². The van der Waals surface area contributed by atoms with Gasteiger partial charge in [0, 0.05) is 60.7 Å². The predicted octanol–water partition coefficient (Wildman–Crippen LogP) is 6.22. The quantitative estimate of drug-likeness (QED) is 0.177. The highest BCUT2D eigenvalue weighted by Crippen LogP contribution is 2.42. The lowest BCUT2D eigenvalue weighted by molar-refractivity contribution is 0.0189. The standard InChI is InChI=1S/C30H32F4N6O3S/c1-18-24(31)25(40-44(41,42)14-11-30(3,33)34)20-7-4-5-8-21(20)26(18)43-27-22(9-6-12-36-27)23-10-13-37-28(39-23)38-19-15-29(2,32)17-35-16-19/h4-10,12-13,19,35,40H,11,14-17H2,1-3H3,(H,37,38,39)/t19?,29-/m0/s1. The molecule has 0 radical (unpaired) electrons. The van der Waals surface area contributed by atoms with Crippen LogP contribution in [-0.4, -0.2) is 59.8 Å². The lowest BCUT2D eigenvalue weighted by Crippen LogP contribution is -2.50. The van der Waals surface area contributed by atoms with E-state index < -0.39 is 39.6 Å². The average molecular weight is 633 g/mol. The Kier molecular flexibility index (Phi) is 8.67. The van der Waals surface area contributed by atoms with Gasteiger partial charge in [-0.05, 0) is 39.0 Å². The zero-order chi connectivity index (χ0) is 31.7. The molecular weight excluding hydrogens is 600 g/mol. The molecule has 3 heterocycles. The summed E-state index contributed by atoms with van der Waals surface area (Å²) in [5.74, 6) is -4.54. The lowest BCUT2D eigenvalue weighted by Gasteiger charge is -2.33. The summed E-state index contributed by atoms with van der Waals surface area (Å²) in [6, 6.07) is 11.2. The van der Waals surface area contributed by atoms with E-state index in [4.69, 9.17) is 4.74 Å². The van der Waals surface area contributed by atoms with E-state index in [9.17, 15) is 21.6 Å². The number of alkyl halides is 3. The molecule has 9 nitrogen and oxygen atoms in total. The van der Waals surface area contributed by atoms with Crippen molar-refractivity contribution in [2.45, 2.75) is 51.2 Å². The molecule has 2 aromatic carbocycles. The fraction of sp³-hybridized carbons (Fsp3) is 0.367. The van der Waals surface area contributed by atoms with E-state index in [0.717, 1.165) is 0 Å². The van der Waals surface area contributed by atoms with Crippen molar-refractivity contribution >= 4 is 32.4 Å². The second-order valence-electron chi connectivity index (χ2n) is 11.2. The predicted molar refractivity (Wildman–Crippen MR) is 161 cm³/mol. The number of ether oxygens (including phenoxy) is 1. The second kappa shape index (κ2) is 12.2. The molecule has 1 fully saturated rings. The maximum atomic E-state index is 15.8. The Morgan fingerprint density at radius 3 is 2.59 bits per heavy atom. The van der Waals surface area contributed by atoms with E-state index in [2.05, 4.69) is 30.3 Å². The van der Waals surface area contributed by atoms with Crippen LogP contribution in [0.1, 0.15) is 32.3 Å². The summed E-state index contributed by atoms with van der Waals surface area (Å²) in [6.45, 7) is 4.38. The average Bonchev–Trinajstić information content (AvgIpc) is 2.96. The van der Waals surface area contributed by atoms with Crippen LogP contribution in [0.25, 0.3) is 22.0 Å². The number of hydrogen-bond acceptors (Lipinski definition) is 8. The molecule has 1 unspecified atom stereocenters. The Morgan fingerprint density at radius 2 is 1.86 bits per heavy atom. The molecule has 0 amide bonds. The first kappa shape index (κ1) is 31.4. The normalized spacial score (nSPS) is 19.1. The van der Waals surface area contributed by atoms with Crippen molar-refractivity contribution < 1.29 is 30.7 Å². The first-order chi connectivity index (χ1) is 20.7. The first-order valence-corrected chi connectivity index (χ1v) is 15.6. The van der Waals surface area contributed by atoms with Crippen molar-refractivity contribution in [3.05, 3.63) is 66.2 Å². The summed E-state index contributed by atoms with van der Waals surface area (Å²) in [7, 11) is -4.30. The minimum Gasteiger partial charge on any atom is -0.437 e. The van der Waals surface area contributed by atoms with Crippen LogP contribution in [0.4, 0.5) is 29.2 Å². The van der Waals surface area contributed by atoms with E-state index in [1.165, 1.54) is 26.1 Å². The molecular formula is C30H32F4N6O3S. The number of pyridine rings is 1. The van der Waals surface area contributed by atoms with Crippen LogP contribution in [0.5, 0.6) is 11.6 Å². The first-order valence-electron chi connectivity index (χ1n) is 13.9. The molecule has 0 spiro atoms. The van der Waals surface area contributed by atoms with E-state index in [-0.39, 0.29) is 53.2 Å². The number of rotatable bonds is 10. The summed E-state index contributed by atoms with van der Waals surface area (Å²) in [5, 5.41) is 6.76. The molecule has 14 heteroatoms. The van der Waals surface area contributed by atoms with Gasteiger partial charge in [0.05, 0.1) is 22.7 Å². The van der Waals surface area contributed by atoms with Crippen molar-refractivity contribution in [3.63, 3.8) is 0 Å². The number of piperidine rings is 1. The molecule has 3 N–H and O–H groups in total. The highest BCUT2D eigenvalue weighted by Gasteiger charge is 2.32. The summed E-state index contributed by atoms with van der Waals surface area (Å²) in [4.78, 5) is 13.2. The van der Waals surface area contributed by atoms with E-state index in [0.29, 0.717) is 30.1 Å². The molecule has 2 aromatic heterocycles. The highest BCUT2D eigenvalue weighted by molar-refractivity contribution is 7.92. The van der Waals surface area contributed by atoms with E-state index in [1.807, 2.05) is 0 Å². The molecule has 234 valence electrons. The third-order valence-corrected chi connectivity index (χ3v) is 8.45. The zero-order valence-corrected chi connectivity index (χ0v) is 25.1. The largest absolute Gasteiger partial charge is 0.437 e. The number of aromatic nitrogens is 3. The van der Waals surface area contributed by atoms with Crippen LogP contribution in [0.15, 0.2) is 54.9 Å². The Labute approximate surface area is 252 Å². The van der Waals surface area contributed by atoms with Crippen LogP contribution in [0.3, 0.4) is 0 Å². The number of anilines is 2. The van der Waals surface area contributed by atoms with Crippen LogP contribution in [0.2, 0.25) is 0 Å². The van der Waals surface area contributed by atoms with Crippen molar-refractivity contribution in [1.29, 1.82) is 0 Å². The minimum atomic E-state index is -4.30. The number of nitrogens with one attached hydrogen (secondary N) is 3. The van der Waals surface area contributed by atoms with Crippen LogP contribution in [0, 0.1) is 12.7 Å². The van der Waals surface area contributed by atoms with Crippen LogP contribution >= 0.6 is 0 Å². The second-order valence-corrected chi connectivity index (χ2v) is 13.1. The molecule has 0 saturated carbocycles. The van der Waals surface area contributed by atoms with E-state index in [1.54, 1.807) is 42.6 Å². The van der Waals surface area contributed by atoms with Gasteiger partial charge in [0.25, 0.3) is 0 Å². The summed E-state index contributed by atoms with van der Waals surface area (Å²) in [5.41, 5.74) is -0.851. The molecule has 0 bridgehead atoms. The maximum absolute atomic E-state index is 15.8.